The van der Waals surface area contributed by atoms with Crippen LogP contribution < -0.4 is 14.8 Å². The highest BCUT2D eigenvalue weighted by Crippen LogP contribution is 2.21. The van der Waals surface area contributed by atoms with Gasteiger partial charge in [-0.15, -0.1) is 0 Å². The number of nitrogens with zero attached hydrogens (tertiary/aromatic N) is 2. The molecule has 2 aromatic rings. The number of halogens is 1. The Morgan fingerprint density at radius 1 is 1.19 bits per heavy atom. The molecule has 0 spiro atoms. The summed E-state index contributed by atoms with van der Waals surface area (Å²) in [6.07, 6.45) is 0. The van der Waals surface area contributed by atoms with Crippen molar-refractivity contribution in [3.63, 3.8) is 0 Å². The number of hydrogen-bond acceptors (Lipinski definition) is 6. The predicted octanol–water partition coefficient (Wildman–Crippen LogP) is 1.59. The molecule has 2 rings (SSSR count). The van der Waals surface area contributed by atoms with Gasteiger partial charge in [-0.05, 0) is 18.2 Å². The van der Waals surface area contributed by atoms with Crippen molar-refractivity contribution in [2.24, 2.45) is 0 Å². The number of methoxy groups -OCH3 is 2. The second-order valence-electron chi connectivity index (χ2n) is 3.89. The number of ether oxygens (including phenoxy) is 2. The molecule has 2 N–H and O–H groups in total. The fourth-order valence-corrected chi connectivity index (χ4v) is 1.53. The first kappa shape index (κ1) is 14.5. The Bertz CT molecular complexity index is 656. The van der Waals surface area contributed by atoms with Crippen molar-refractivity contribution in [1.29, 1.82) is 0 Å². The molecule has 1 heterocycles. The Hall–Kier alpha value is -2.90. The van der Waals surface area contributed by atoms with E-state index in [0.29, 0.717) is 0 Å². The summed E-state index contributed by atoms with van der Waals surface area (Å²) in [6.45, 7) is 0. The number of phenolic OH excluding ortho intramolecular Hbond substituents is 1. The van der Waals surface area contributed by atoms with Crippen LogP contribution >= 0.6 is 0 Å². The molecule has 0 unspecified atom stereocenters. The molecular weight excluding hydrogens is 281 g/mol. The highest BCUT2D eigenvalue weighted by atomic mass is 19.1. The quantitative estimate of drug-likeness (QED) is 0.889. The predicted molar refractivity (Wildman–Crippen MR) is 71.2 cm³/mol. The zero-order valence-electron chi connectivity index (χ0n) is 11.3. The van der Waals surface area contributed by atoms with Crippen LogP contribution in [0.5, 0.6) is 17.5 Å². The average molecular weight is 293 g/mol. The minimum atomic E-state index is -0.762. The van der Waals surface area contributed by atoms with E-state index in [2.05, 4.69) is 15.3 Å². The largest absolute Gasteiger partial charge is 0.507 e. The first-order valence-electron chi connectivity index (χ1n) is 5.80. The van der Waals surface area contributed by atoms with Gasteiger partial charge in [-0.3, -0.25) is 10.1 Å². The lowest BCUT2D eigenvalue weighted by Crippen LogP contribution is -2.15. The fraction of sp³-hybridized carbons (Fsp3) is 0.154. The minimum Gasteiger partial charge on any atom is -0.507 e. The molecule has 0 saturated carbocycles. The van der Waals surface area contributed by atoms with Crippen LogP contribution in [-0.4, -0.2) is 35.2 Å². The summed E-state index contributed by atoms with van der Waals surface area (Å²) >= 11 is 0. The number of nitrogens with one attached hydrogen (secondary N) is 1. The van der Waals surface area contributed by atoms with E-state index in [-0.39, 0.29) is 29.0 Å². The maximum atomic E-state index is 13.1. The molecule has 110 valence electrons. The first-order valence-corrected chi connectivity index (χ1v) is 5.80. The molecule has 1 aromatic carbocycles. The third-order valence-electron chi connectivity index (χ3n) is 2.53. The summed E-state index contributed by atoms with van der Waals surface area (Å²) in [5.41, 5.74) is -0.236. The topological polar surface area (TPSA) is 93.6 Å². The third-order valence-corrected chi connectivity index (χ3v) is 2.53. The molecule has 1 aromatic heterocycles. The van der Waals surface area contributed by atoms with E-state index in [4.69, 9.17) is 9.47 Å². The number of carbonyl (C=O) groups is 1. The molecule has 8 heteroatoms. The SMILES string of the molecule is COc1cc(OC)nc(NC(=O)c2cc(F)ccc2O)n1. The van der Waals surface area contributed by atoms with Crippen LogP contribution in [0.25, 0.3) is 0 Å². The lowest BCUT2D eigenvalue weighted by molar-refractivity contribution is 0.102. The first-order chi connectivity index (χ1) is 10.0. The number of aromatic hydroxyl groups is 1. The Morgan fingerprint density at radius 2 is 1.81 bits per heavy atom. The fourth-order valence-electron chi connectivity index (χ4n) is 1.53. The average Bonchev–Trinajstić information content (AvgIpc) is 2.49. The van der Waals surface area contributed by atoms with Gasteiger partial charge >= 0.3 is 0 Å². The van der Waals surface area contributed by atoms with Crippen LogP contribution in [0.15, 0.2) is 24.3 Å². The Balaban J connectivity index is 2.28. The number of benzene rings is 1. The van der Waals surface area contributed by atoms with Crippen LogP contribution in [0, 0.1) is 5.82 Å². The number of anilines is 1. The van der Waals surface area contributed by atoms with Crippen LogP contribution in [-0.2, 0) is 0 Å². The van der Waals surface area contributed by atoms with Crippen molar-refractivity contribution in [2.75, 3.05) is 19.5 Å². The van der Waals surface area contributed by atoms with Gasteiger partial charge < -0.3 is 14.6 Å². The molecule has 0 fully saturated rings. The van der Waals surface area contributed by atoms with Crippen molar-refractivity contribution in [3.8, 4) is 17.5 Å². The van der Waals surface area contributed by atoms with Crippen molar-refractivity contribution >= 4 is 11.9 Å². The zero-order valence-corrected chi connectivity index (χ0v) is 11.3. The molecule has 0 aliphatic carbocycles. The maximum Gasteiger partial charge on any atom is 0.261 e. The van der Waals surface area contributed by atoms with E-state index in [1.165, 1.54) is 20.3 Å². The van der Waals surface area contributed by atoms with Gasteiger partial charge in [0.05, 0.1) is 25.8 Å². The monoisotopic (exact) mass is 293 g/mol. The van der Waals surface area contributed by atoms with E-state index in [1.807, 2.05) is 0 Å². The van der Waals surface area contributed by atoms with Crippen LogP contribution in [0.2, 0.25) is 0 Å². The van der Waals surface area contributed by atoms with Crippen molar-refractivity contribution in [3.05, 3.63) is 35.6 Å². The van der Waals surface area contributed by atoms with Gasteiger partial charge in [-0.25, -0.2) is 4.39 Å². The molecule has 0 bridgehead atoms. The number of phenols is 1. The lowest BCUT2D eigenvalue weighted by atomic mass is 10.2. The van der Waals surface area contributed by atoms with Gasteiger partial charge in [0, 0.05) is 0 Å². The van der Waals surface area contributed by atoms with E-state index < -0.39 is 11.7 Å². The molecule has 21 heavy (non-hydrogen) atoms. The summed E-state index contributed by atoms with van der Waals surface area (Å²) in [5.74, 6) is -1.51. The van der Waals surface area contributed by atoms with E-state index in [0.717, 1.165) is 18.2 Å². The van der Waals surface area contributed by atoms with Gasteiger partial charge in [0.2, 0.25) is 17.7 Å². The van der Waals surface area contributed by atoms with Crippen molar-refractivity contribution in [2.45, 2.75) is 0 Å². The summed E-state index contributed by atoms with van der Waals surface area (Å²) in [6, 6.07) is 4.45. The zero-order chi connectivity index (χ0) is 15.4. The lowest BCUT2D eigenvalue weighted by Gasteiger charge is -2.08. The van der Waals surface area contributed by atoms with Gasteiger partial charge in [-0.1, -0.05) is 0 Å². The van der Waals surface area contributed by atoms with Crippen LogP contribution in [0.1, 0.15) is 10.4 Å². The third kappa shape index (κ3) is 3.35. The highest BCUT2D eigenvalue weighted by Gasteiger charge is 2.15. The molecule has 0 aliphatic rings. The molecule has 7 nitrogen and oxygen atoms in total. The van der Waals surface area contributed by atoms with Gasteiger partial charge in [0.15, 0.2) is 0 Å². The van der Waals surface area contributed by atoms with Crippen molar-refractivity contribution < 1.29 is 23.8 Å². The van der Waals surface area contributed by atoms with Gasteiger partial charge in [0.25, 0.3) is 5.91 Å². The summed E-state index contributed by atoms with van der Waals surface area (Å²) in [5, 5.41) is 11.9. The number of amides is 1. The number of hydrogen-bond donors (Lipinski definition) is 2. The number of aromatic nitrogens is 2. The van der Waals surface area contributed by atoms with Crippen LogP contribution in [0.4, 0.5) is 10.3 Å². The maximum absolute atomic E-state index is 13.1. The van der Waals surface area contributed by atoms with Gasteiger partial charge in [0.1, 0.15) is 11.6 Å². The summed E-state index contributed by atoms with van der Waals surface area (Å²) in [4.78, 5) is 19.8. The number of rotatable bonds is 4. The summed E-state index contributed by atoms with van der Waals surface area (Å²) in [7, 11) is 2.79. The second kappa shape index (κ2) is 6.04. The number of carbonyl (C=O) groups excluding carboxylic acids is 1. The van der Waals surface area contributed by atoms with Gasteiger partial charge in [-0.2, -0.15) is 9.97 Å². The molecule has 0 saturated heterocycles. The molecule has 0 radical (unpaired) electrons. The van der Waals surface area contributed by atoms with Crippen molar-refractivity contribution in [1.82, 2.24) is 9.97 Å². The summed E-state index contributed by atoms with van der Waals surface area (Å²) < 4.78 is 23.0. The van der Waals surface area contributed by atoms with E-state index >= 15 is 0 Å². The highest BCUT2D eigenvalue weighted by molar-refractivity contribution is 6.05. The molecule has 0 atom stereocenters. The Morgan fingerprint density at radius 3 is 2.38 bits per heavy atom. The standard InChI is InChI=1S/C13H12FN3O4/c1-20-10-6-11(21-2)16-13(15-10)17-12(19)8-5-7(14)3-4-9(8)18/h3-6,18H,1-2H3,(H,15,16,17,19). The van der Waals surface area contributed by atoms with E-state index in [1.54, 1.807) is 0 Å². The Kier molecular flexibility index (Phi) is 4.17. The van der Waals surface area contributed by atoms with Crippen LogP contribution in [0.3, 0.4) is 0 Å². The molecule has 1 amide bonds. The second-order valence-corrected chi connectivity index (χ2v) is 3.89. The van der Waals surface area contributed by atoms with E-state index in [9.17, 15) is 14.3 Å². The minimum absolute atomic E-state index is 0.0974. The smallest absolute Gasteiger partial charge is 0.261 e. The molecular formula is C13H12FN3O4. The Labute approximate surface area is 119 Å². The normalized spacial score (nSPS) is 10.0. The molecule has 0 aliphatic heterocycles.